The first-order valence-corrected chi connectivity index (χ1v) is 11.4. The molecule has 32 heavy (non-hydrogen) atoms. The summed E-state index contributed by atoms with van der Waals surface area (Å²) in [7, 11) is 6.00. The number of rotatable bonds is 9. The maximum absolute atomic E-state index is 12.9. The normalized spacial score (nSPS) is 14.4. The highest BCUT2D eigenvalue weighted by molar-refractivity contribution is 5.87. The van der Waals surface area contributed by atoms with Crippen molar-refractivity contribution < 1.29 is 9.53 Å². The van der Waals surface area contributed by atoms with Gasteiger partial charge in [-0.1, -0.05) is 20.8 Å². The topological polar surface area (TPSA) is 71.5 Å². The number of hydrogen-bond acceptors (Lipinski definition) is 7. The van der Waals surface area contributed by atoms with Crippen LogP contribution in [-0.4, -0.2) is 66.0 Å². The van der Waals surface area contributed by atoms with Crippen molar-refractivity contribution in [2.45, 2.75) is 59.4 Å². The Morgan fingerprint density at radius 3 is 2.62 bits per heavy atom. The zero-order chi connectivity index (χ0) is 23.5. The fraction of sp³-hybridized carbons (Fsp3) is 0.600. The van der Waals surface area contributed by atoms with Crippen molar-refractivity contribution >= 4 is 11.6 Å². The molecule has 0 spiro atoms. The van der Waals surface area contributed by atoms with E-state index in [4.69, 9.17) is 14.7 Å². The molecule has 7 nitrogen and oxygen atoms in total. The molecule has 0 radical (unpaired) electrons. The summed E-state index contributed by atoms with van der Waals surface area (Å²) in [6.45, 7) is 9.69. The zero-order valence-corrected chi connectivity index (χ0v) is 20.6. The molecule has 0 aliphatic heterocycles. The second kappa shape index (κ2) is 9.94. The lowest BCUT2D eigenvalue weighted by Gasteiger charge is -2.29. The van der Waals surface area contributed by atoms with E-state index >= 15 is 0 Å². The van der Waals surface area contributed by atoms with Crippen molar-refractivity contribution in [1.29, 1.82) is 0 Å². The molecule has 2 aromatic rings. The van der Waals surface area contributed by atoms with Gasteiger partial charge in [-0.25, -0.2) is 9.97 Å². The Morgan fingerprint density at radius 1 is 1.19 bits per heavy atom. The number of aryl methyl sites for hydroxylation is 1. The summed E-state index contributed by atoms with van der Waals surface area (Å²) in [5.74, 6) is 2.41. The van der Waals surface area contributed by atoms with Gasteiger partial charge in [0.05, 0.1) is 6.04 Å². The van der Waals surface area contributed by atoms with Crippen LogP contribution in [-0.2, 0) is 17.6 Å². The highest BCUT2D eigenvalue weighted by Crippen LogP contribution is 2.32. The molecule has 0 saturated carbocycles. The highest BCUT2D eigenvalue weighted by atomic mass is 16.5. The largest absolute Gasteiger partial charge is 0.492 e. The first-order valence-electron chi connectivity index (χ1n) is 11.4. The van der Waals surface area contributed by atoms with Crippen LogP contribution in [0.15, 0.2) is 18.3 Å². The van der Waals surface area contributed by atoms with Gasteiger partial charge in [0.15, 0.2) is 11.6 Å². The van der Waals surface area contributed by atoms with Gasteiger partial charge in [0.1, 0.15) is 23.9 Å². The van der Waals surface area contributed by atoms with Crippen LogP contribution in [0.1, 0.15) is 51.8 Å². The minimum Gasteiger partial charge on any atom is -0.492 e. The number of pyridine rings is 1. The first kappa shape index (κ1) is 24.1. The van der Waals surface area contributed by atoms with Crippen molar-refractivity contribution in [3.05, 3.63) is 29.6 Å². The van der Waals surface area contributed by atoms with E-state index in [0.29, 0.717) is 24.5 Å². The molecule has 0 fully saturated rings. The Hall–Kier alpha value is -2.54. The van der Waals surface area contributed by atoms with Crippen LogP contribution in [0.5, 0.6) is 5.75 Å². The predicted molar refractivity (Wildman–Crippen MR) is 128 cm³/mol. The van der Waals surface area contributed by atoms with E-state index in [2.05, 4.69) is 30.7 Å². The molecule has 0 aromatic carbocycles. The van der Waals surface area contributed by atoms with Gasteiger partial charge in [0.25, 0.3) is 0 Å². The second-order valence-corrected chi connectivity index (χ2v) is 10.2. The molecule has 1 aliphatic carbocycles. The molecular weight excluding hydrogens is 402 g/mol. The Labute approximate surface area is 192 Å². The Bertz CT molecular complexity index is 952. The molecule has 2 aromatic heterocycles. The number of nitrogens with zero attached hydrogens (tertiary/aromatic N) is 5. The van der Waals surface area contributed by atoms with E-state index in [0.717, 1.165) is 48.6 Å². The van der Waals surface area contributed by atoms with E-state index in [1.54, 1.807) is 6.20 Å². The van der Waals surface area contributed by atoms with Crippen LogP contribution < -0.4 is 9.64 Å². The summed E-state index contributed by atoms with van der Waals surface area (Å²) < 4.78 is 5.87. The fourth-order valence-electron chi connectivity index (χ4n) is 3.86. The number of Topliss-reactive ketones (excluding diaryl/α,β-unsaturated/α-hetero) is 1. The molecule has 7 heteroatoms. The van der Waals surface area contributed by atoms with Crippen LogP contribution in [0, 0.1) is 5.41 Å². The van der Waals surface area contributed by atoms with Crippen LogP contribution in [0.3, 0.4) is 0 Å². The standard InChI is InChI=1S/C25H37N5O2/c1-17(22(31)16-25(2,3)4)30(7)24-19-9-8-10-20(19)27-23(28-24)21-15-18(11-12-26-21)32-14-13-29(5)6/h11-12,15,17H,8-10,13-14,16H2,1-7H3/t17-/m1/s1. The number of likely N-dealkylation sites (N-methyl/N-ethyl adjacent to an activating group) is 2. The summed E-state index contributed by atoms with van der Waals surface area (Å²) in [5, 5.41) is 0. The highest BCUT2D eigenvalue weighted by Gasteiger charge is 2.28. The summed E-state index contributed by atoms with van der Waals surface area (Å²) in [6.07, 6.45) is 5.19. The van der Waals surface area contributed by atoms with Crippen LogP contribution >= 0.6 is 0 Å². The average molecular weight is 440 g/mol. The van der Waals surface area contributed by atoms with Crippen LogP contribution in [0.25, 0.3) is 11.5 Å². The molecule has 1 aliphatic rings. The number of carbonyl (C=O) groups is 1. The van der Waals surface area contributed by atoms with Gasteiger partial charge in [-0.05, 0) is 51.8 Å². The lowest BCUT2D eigenvalue weighted by molar-refractivity contribution is -0.121. The van der Waals surface area contributed by atoms with Crippen molar-refractivity contribution in [3.8, 4) is 17.3 Å². The van der Waals surface area contributed by atoms with Crippen LogP contribution in [0.2, 0.25) is 0 Å². The van der Waals surface area contributed by atoms with E-state index in [9.17, 15) is 4.79 Å². The summed E-state index contributed by atoms with van der Waals surface area (Å²) in [5.41, 5.74) is 2.87. The smallest absolute Gasteiger partial charge is 0.180 e. The lowest BCUT2D eigenvalue weighted by Crippen LogP contribution is -2.38. The molecule has 0 bridgehead atoms. The molecular formula is C25H37N5O2. The number of ether oxygens (including phenoxy) is 1. The van der Waals surface area contributed by atoms with E-state index in [1.165, 1.54) is 0 Å². The molecule has 1 atom stereocenters. The Kier molecular flexibility index (Phi) is 7.49. The Morgan fingerprint density at radius 2 is 1.94 bits per heavy atom. The van der Waals surface area contributed by atoms with Gasteiger partial charge in [-0.2, -0.15) is 0 Å². The minimum absolute atomic E-state index is 0.0398. The lowest BCUT2D eigenvalue weighted by atomic mass is 9.88. The number of ketones is 1. The van der Waals surface area contributed by atoms with Crippen molar-refractivity contribution in [2.24, 2.45) is 5.41 Å². The monoisotopic (exact) mass is 439 g/mol. The van der Waals surface area contributed by atoms with Gasteiger partial charge in [0.2, 0.25) is 0 Å². The van der Waals surface area contributed by atoms with Crippen molar-refractivity contribution in [1.82, 2.24) is 19.9 Å². The summed E-state index contributed by atoms with van der Waals surface area (Å²) in [4.78, 5) is 31.2. The molecule has 0 amide bonds. The van der Waals surface area contributed by atoms with E-state index in [1.807, 2.05) is 45.1 Å². The Balaban J connectivity index is 1.89. The zero-order valence-electron chi connectivity index (χ0n) is 20.6. The van der Waals surface area contributed by atoms with Gasteiger partial charge < -0.3 is 14.5 Å². The van der Waals surface area contributed by atoms with E-state index in [-0.39, 0.29) is 17.2 Å². The number of hydrogen-bond donors (Lipinski definition) is 0. The molecule has 2 heterocycles. The summed E-state index contributed by atoms with van der Waals surface area (Å²) >= 11 is 0. The summed E-state index contributed by atoms with van der Waals surface area (Å²) in [6, 6.07) is 3.49. The SMILES string of the molecule is C[C@H](C(=O)CC(C)(C)C)N(C)c1nc(-c2cc(OCCN(C)C)ccn2)nc2c1CCC2. The van der Waals surface area contributed by atoms with Crippen LogP contribution in [0.4, 0.5) is 5.82 Å². The van der Waals surface area contributed by atoms with Crippen molar-refractivity contribution in [3.63, 3.8) is 0 Å². The average Bonchev–Trinajstić information content (AvgIpc) is 3.19. The quantitative estimate of drug-likeness (QED) is 0.588. The third-order valence-electron chi connectivity index (χ3n) is 5.76. The maximum Gasteiger partial charge on any atom is 0.180 e. The minimum atomic E-state index is -0.254. The van der Waals surface area contributed by atoms with E-state index < -0.39 is 0 Å². The van der Waals surface area contributed by atoms with Gasteiger partial charge in [-0.3, -0.25) is 9.78 Å². The fourth-order valence-corrected chi connectivity index (χ4v) is 3.86. The third kappa shape index (κ3) is 6.03. The third-order valence-corrected chi connectivity index (χ3v) is 5.76. The molecule has 174 valence electrons. The van der Waals surface area contributed by atoms with Gasteiger partial charge in [-0.15, -0.1) is 0 Å². The molecule has 0 unspecified atom stereocenters. The predicted octanol–water partition coefficient (Wildman–Crippen LogP) is 3.80. The van der Waals surface area contributed by atoms with Gasteiger partial charge in [0, 0.05) is 43.5 Å². The number of carbonyl (C=O) groups excluding carboxylic acids is 1. The maximum atomic E-state index is 12.9. The number of anilines is 1. The molecule has 0 saturated heterocycles. The second-order valence-electron chi connectivity index (χ2n) is 10.2. The number of aromatic nitrogens is 3. The van der Waals surface area contributed by atoms with Gasteiger partial charge >= 0.3 is 0 Å². The van der Waals surface area contributed by atoms with Crippen molar-refractivity contribution in [2.75, 3.05) is 39.2 Å². The number of fused-ring (bicyclic) bond motifs is 1. The molecule has 3 rings (SSSR count). The first-order chi connectivity index (χ1) is 15.0. The molecule has 0 N–H and O–H groups in total.